The third-order valence-corrected chi connectivity index (χ3v) is 4.87. The van der Waals surface area contributed by atoms with Gasteiger partial charge in [-0.05, 0) is 49.3 Å². The summed E-state index contributed by atoms with van der Waals surface area (Å²) in [6.45, 7) is 0. The van der Waals surface area contributed by atoms with Gasteiger partial charge in [-0.2, -0.15) is 0 Å². The van der Waals surface area contributed by atoms with E-state index in [4.69, 9.17) is 12.2 Å². The second-order valence-corrected chi connectivity index (χ2v) is 6.74. The summed E-state index contributed by atoms with van der Waals surface area (Å²) >= 11 is 5.54. The zero-order valence-electron chi connectivity index (χ0n) is 13.5. The lowest BCUT2D eigenvalue weighted by Crippen LogP contribution is -2.38. The third kappa shape index (κ3) is 3.04. The summed E-state index contributed by atoms with van der Waals surface area (Å²) < 4.78 is 0. The van der Waals surface area contributed by atoms with Crippen molar-refractivity contribution in [3.05, 3.63) is 42.7 Å². The Morgan fingerprint density at radius 1 is 1.00 bits per heavy atom. The van der Waals surface area contributed by atoms with Gasteiger partial charge in [0.25, 0.3) is 0 Å². The average molecular weight is 336 g/mol. The lowest BCUT2D eigenvalue weighted by Gasteiger charge is -2.24. The number of pyridine rings is 2. The van der Waals surface area contributed by atoms with Gasteiger partial charge in [0.1, 0.15) is 0 Å². The fourth-order valence-electron chi connectivity index (χ4n) is 3.48. The number of fused-ring (bicyclic) bond motifs is 3. The summed E-state index contributed by atoms with van der Waals surface area (Å²) in [7, 11) is 0. The van der Waals surface area contributed by atoms with Crippen LogP contribution in [0.1, 0.15) is 32.1 Å². The third-order valence-electron chi connectivity index (χ3n) is 4.65. The van der Waals surface area contributed by atoms with Crippen molar-refractivity contribution in [2.75, 3.05) is 5.32 Å². The quantitative estimate of drug-likeness (QED) is 0.536. The smallest absolute Gasteiger partial charge is 0.171 e. The van der Waals surface area contributed by atoms with Crippen LogP contribution in [0.2, 0.25) is 0 Å². The molecule has 0 aliphatic heterocycles. The molecule has 122 valence electrons. The Labute approximate surface area is 146 Å². The fraction of sp³-hybridized carbons (Fsp3) is 0.316. The van der Waals surface area contributed by atoms with E-state index in [1.165, 1.54) is 32.1 Å². The van der Waals surface area contributed by atoms with E-state index in [-0.39, 0.29) is 0 Å². The SMILES string of the molecule is S=C(Nc1cc2cccnc2c2cccnc12)NC1CCCCC1. The number of hydrogen-bond acceptors (Lipinski definition) is 3. The molecule has 1 saturated carbocycles. The van der Waals surface area contributed by atoms with E-state index in [0.717, 1.165) is 27.5 Å². The second kappa shape index (κ2) is 6.69. The van der Waals surface area contributed by atoms with E-state index >= 15 is 0 Å². The molecule has 0 amide bonds. The molecule has 4 nitrogen and oxygen atoms in total. The minimum Gasteiger partial charge on any atom is -0.360 e. The van der Waals surface area contributed by atoms with Crippen LogP contribution in [0.4, 0.5) is 5.69 Å². The maximum Gasteiger partial charge on any atom is 0.171 e. The Hall–Kier alpha value is -2.27. The summed E-state index contributed by atoms with van der Waals surface area (Å²) in [5.41, 5.74) is 2.80. The monoisotopic (exact) mass is 336 g/mol. The van der Waals surface area contributed by atoms with Gasteiger partial charge in [-0.3, -0.25) is 9.97 Å². The first-order valence-electron chi connectivity index (χ1n) is 8.51. The van der Waals surface area contributed by atoms with Crippen molar-refractivity contribution < 1.29 is 0 Å². The molecule has 5 heteroatoms. The number of benzene rings is 1. The predicted octanol–water partition coefficient (Wildman–Crippen LogP) is 4.40. The van der Waals surface area contributed by atoms with Gasteiger partial charge in [0.05, 0.1) is 16.7 Å². The lowest BCUT2D eigenvalue weighted by atomic mass is 9.96. The molecule has 0 radical (unpaired) electrons. The molecule has 3 aromatic rings. The van der Waals surface area contributed by atoms with Crippen LogP contribution < -0.4 is 10.6 Å². The molecule has 1 fully saturated rings. The molecule has 4 rings (SSSR count). The Kier molecular flexibility index (Phi) is 4.26. The maximum absolute atomic E-state index is 5.54. The van der Waals surface area contributed by atoms with Gasteiger partial charge in [0.2, 0.25) is 0 Å². The summed E-state index contributed by atoms with van der Waals surface area (Å²) in [6.07, 6.45) is 9.92. The molecule has 0 bridgehead atoms. The number of nitrogens with one attached hydrogen (secondary N) is 2. The lowest BCUT2D eigenvalue weighted by molar-refractivity contribution is 0.415. The number of thiocarbonyl (C=S) groups is 1. The molecule has 0 unspecified atom stereocenters. The largest absolute Gasteiger partial charge is 0.360 e. The van der Waals surface area contributed by atoms with Crippen molar-refractivity contribution in [2.45, 2.75) is 38.1 Å². The van der Waals surface area contributed by atoms with Crippen LogP contribution in [0.15, 0.2) is 42.7 Å². The summed E-state index contributed by atoms with van der Waals surface area (Å²) in [5.74, 6) is 0. The van der Waals surface area contributed by atoms with Crippen molar-refractivity contribution >= 4 is 44.8 Å². The van der Waals surface area contributed by atoms with E-state index in [9.17, 15) is 0 Å². The molecule has 1 aliphatic carbocycles. The zero-order valence-corrected chi connectivity index (χ0v) is 14.3. The van der Waals surface area contributed by atoms with Crippen molar-refractivity contribution in [1.82, 2.24) is 15.3 Å². The summed E-state index contributed by atoms with van der Waals surface area (Å²) in [6, 6.07) is 10.6. The normalized spacial score (nSPS) is 15.5. The molecular formula is C19H20N4S. The summed E-state index contributed by atoms with van der Waals surface area (Å²) in [4.78, 5) is 9.05. The minimum atomic E-state index is 0.486. The van der Waals surface area contributed by atoms with Gasteiger partial charge < -0.3 is 10.6 Å². The van der Waals surface area contributed by atoms with Crippen LogP contribution in [0.5, 0.6) is 0 Å². The van der Waals surface area contributed by atoms with E-state index in [1.54, 1.807) is 6.20 Å². The molecule has 0 spiro atoms. The van der Waals surface area contributed by atoms with Gasteiger partial charge in [0, 0.05) is 29.2 Å². The van der Waals surface area contributed by atoms with Crippen LogP contribution in [0, 0.1) is 0 Å². The van der Waals surface area contributed by atoms with Crippen LogP contribution in [0.3, 0.4) is 0 Å². The number of nitrogens with zero attached hydrogens (tertiary/aromatic N) is 2. The highest BCUT2D eigenvalue weighted by Crippen LogP contribution is 2.29. The van der Waals surface area contributed by atoms with E-state index in [1.807, 2.05) is 18.3 Å². The van der Waals surface area contributed by atoms with E-state index in [0.29, 0.717) is 11.2 Å². The van der Waals surface area contributed by atoms with E-state index < -0.39 is 0 Å². The highest BCUT2D eigenvalue weighted by molar-refractivity contribution is 7.80. The Balaban J connectivity index is 1.66. The Morgan fingerprint density at radius 3 is 2.58 bits per heavy atom. The summed E-state index contributed by atoms with van der Waals surface area (Å²) in [5, 5.41) is 9.61. The van der Waals surface area contributed by atoms with E-state index in [2.05, 4.69) is 38.8 Å². The first-order valence-corrected chi connectivity index (χ1v) is 8.92. The van der Waals surface area contributed by atoms with Crippen molar-refractivity contribution in [3.63, 3.8) is 0 Å². The zero-order chi connectivity index (χ0) is 16.4. The molecule has 2 N–H and O–H groups in total. The molecule has 2 aromatic heterocycles. The van der Waals surface area contributed by atoms with Crippen molar-refractivity contribution in [3.8, 4) is 0 Å². The first kappa shape index (κ1) is 15.3. The van der Waals surface area contributed by atoms with Gasteiger partial charge in [-0.25, -0.2) is 0 Å². The topological polar surface area (TPSA) is 49.8 Å². The maximum atomic E-state index is 5.54. The minimum absolute atomic E-state index is 0.486. The standard InChI is InChI=1S/C19H20N4S/c24-19(22-14-7-2-1-3-8-14)23-16-12-13-6-4-10-20-17(13)15-9-5-11-21-18(15)16/h4-6,9-12,14H,1-3,7-8H2,(H2,22,23,24). The molecule has 24 heavy (non-hydrogen) atoms. The molecule has 1 aromatic carbocycles. The van der Waals surface area contributed by atoms with Crippen LogP contribution in [-0.4, -0.2) is 21.1 Å². The molecule has 0 saturated heterocycles. The Morgan fingerprint density at radius 2 is 1.75 bits per heavy atom. The molecular weight excluding hydrogens is 316 g/mol. The fourth-order valence-corrected chi connectivity index (χ4v) is 3.76. The van der Waals surface area contributed by atoms with Crippen molar-refractivity contribution in [2.24, 2.45) is 0 Å². The van der Waals surface area contributed by atoms with Crippen LogP contribution in [-0.2, 0) is 0 Å². The molecule has 2 heterocycles. The molecule has 0 atom stereocenters. The van der Waals surface area contributed by atoms with Gasteiger partial charge in [-0.15, -0.1) is 0 Å². The Bertz CT molecular complexity index is 887. The number of anilines is 1. The highest BCUT2D eigenvalue weighted by atomic mass is 32.1. The second-order valence-electron chi connectivity index (χ2n) is 6.33. The number of rotatable bonds is 2. The van der Waals surface area contributed by atoms with Gasteiger partial charge in [-0.1, -0.05) is 25.3 Å². The molecule has 1 aliphatic rings. The van der Waals surface area contributed by atoms with Crippen LogP contribution in [0.25, 0.3) is 21.8 Å². The average Bonchev–Trinajstić information content (AvgIpc) is 2.63. The first-order chi connectivity index (χ1) is 11.8. The predicted molar refractivity (Wildman–Crippen MR) is 103 cm³/mol. The highest BCUT2D eigenvalue weighted by Gasteiger charge is 2.15. The number of aromatic nitrogens is 2. The van der Waals surface area contributed by atoms with Crippen LogP contribution >= 0.6 is 12.2 Å². The van der Waals surface area contributed by atoms with Gasteiger partial charge >= 0.3 is 0 Å². The number of hydrogen-bond donors (Lipinski definition) is 2. The van der Waals surface area contributed by atoms with Crippen molar-refractivity contribution in [1.29, 1.82) is 0 Å². The van der Waals surface area contributed by atoms with Gasteiger partial charge in [0.15, 0.2) is 5.11 Å².